The lowest BCUT2D eigenvalue weighted by Crippen LogP contribution is -2.49. The Labute approximate surface area is 171 Å². The molecule has 1 saturated heterocycles. The highest BCUT2D eigenvalue weighted by Crippen LogP contribution is 2.34. The minimum Gasteiger partial charge on any atom is -0.353 e. The molecular formula is C21H29N3O3S. The van der Waals surface area contributed by atoms with Crippen LogP contribution in [0.25, 0.3) is 0 Å². The van der Waals surface area contributed by atoms with Gasteiger partial charge in [0, 0.05) is 42.4 Å². The van der Waals surface area contributed by atoms with Gasteiger partial charge in [0.15, 0.2) is 0 Å². The van der Waals surface area contributed by atoms with E-state index in [0.29, 0.717) is 25.4 Å². The molecule has 0 aliphatic carbocycles. The molecule has 1 aromatic carbocycles. The number of nitrogens with one attached hydrogen (secondary N) is 1. The number of carbonyl (C=O) groups is 3. The topological polar surface area (TPSA) is 69.7 Å². The van der Waals surface area contributed by atoms with Crippen LogP contribution in [0.5, 0.6) is 0 Å². The molecule has 0 bridgehead atoms. The van der Waals surface area contributed by atoms with E-state index in [9.17, 15) is 14.4 Å². The Morgan fingerprint density at radius 2 is 1.86 bits per heavy atom. The molecule has 7 heteroatoms. The van der Waals surface area contributed by atoms with E-state index >= 15 is 0 Å². The second kappa shape index (κ2) is 8.55. The van der Waals surface area contributed by atoms with Gasteiger partial charge in [-0.05, 0) is 25.0 Å². The Bertz CT molecular complexity index is 752. The second-order valence-electron chi connectivity index (χ2n) is 8.44. The minimum absolute atomic E-state index is 0.0379. The number of amides is 3. The first kappa shape index (κ1) is 20.7. The summed E-state index contributed by atoms with van der Waals surface area (Å²) in [6.45, 7) is 7.54. The van der Waals surface area contributed by atoms with Crippen LogP contribution in [0.1, 0.15) is 40.0 Å². The normalized spacial score (nSPS) is 18.0. The van der Waals surface area contributed by atoms with E-state index in [0.717, 1.165) is 23.4 Å². The summed E-state index contributed by atoms with van der Waals surface area (Å²) in [7, 11) is 0. The Morgan fingerprint density at radius 1 is 1.18 bits per heavy atom. The number of para-hydroxylation sites is 1. The molecule has 6 nitrogen and oxygen atoms in total. The Hall–Kier alpha value is -2.02. The Kier molecular flexibility index (Phi) is 6.33. The fourth-order valence-corrected chi connectivity index (χ4v) is 4.55. The highest BCUT2D eigenvalue weighted by atomic mass is 32.2. The van der Waals surface area contributed by atoms with Crippen molar-refractivity contribution in [2.24, 2.45) is 5.41 Å². The lowest BCUT2D eigenvalue weighted by atomic mass is 9.93. The molecule has 3 rings (SSSR count). The van der Waals surface area contributed by atoms with Crippen molar-refractivity contribution in [2.75, 3.05) is 30.3 Å². The maximum Gasteiger partial charge on any atom is 0.237 e. The lowest BCUT2D eigenvalue weighted by Gasteiger charge is -2.36. The number of fused-ring (bicyclic) bond motifs is 1. The zero-order chi connectivity index (χ0) is 20.3. The number of hydrogen-bond acceptors (Lipinski definition) is 4. The molecule has 2 aliphatic rings. The number of benzene rings is 1. The highest BCUT2D eigenvalue weighted by molar-refractivity contribution is 8.00. The summed E-state index contributed by atoms with van der Waals surface area (Å²) in [5, 5.41) is 3.08. The molecule has 2 heterocycles. The first-order chi connectivity index (χ1) is 13.3. The molecule has 0 aromatic heterocycles. The van der Waals surface area contributed by atoms with Crippen molar-refractivity contribution in [3.05, 3.63) is 24.3 Å². The molecule has 0 spiro atoms. The van der Waals surface area contributed by atoms with Crippen molar-refractivity contribution in [3.8, 4) is 0 Å². The van der Waals surface area contributed by atoms with E-state index < -0.39 is 0 Å². The fourth-order valence-electron chi connectivity index (χ4n) is 3.61. The average Bonchev–Trinajstić information content (AvgIpc) is 2.66. The molecule has 3 amide bonds. The molecule has 2 aliphatic heterocycles. The maximum absolute atomic E-state index is 12.4. The molecule has 1 N–H and O–H groups in total. The molecular weight excluding hydrogens is 374 g/mol. The number of anilines is 1. The SMILES string of the molecule is CC(C)(C)C(=O)N1CCC(NC(=O)CCN2C(=O)CSc3ccccc32)CC1. The van der Waals surface area contributed by atoms with Crippen molar-refractivity contribution in [1.82, 2.24) is 10.2 Å². The van der Waals surface area contributed by atoms with Gasteiger partial charge in [0.1, 0.15) is 0 Å². The van der Waals surface area contributed by atoms with Crippen LogP contribution in [0, 0.1) is 5.41 Å². The molecule has 0 radical (unpaired) electrons. The summed E-state index contributed by atoms with van der Waals surface area (Å²) < 4.78 is 0. The molecule has 1 aromatic rings. The number of carbonyl (C=O) groups excluding carboxylic acids is 3. The quantitative estimate of drug-likeness (QED) is 0.839. The van der Waals surface area contributed by atoms with Gasteiger partial charge in [-0.1, -0.05) is 32.9 Å². The fraction of sp³-hybridized carbons (Fsp3) is 0.571. The van der Waals surface area contributed by atoms with Crippen molar-refractivity contribution >= 4 is 35.2 Å². The smallest absolute Gasteiger partial charge is 0.237 e. The monoisotopic (exact) mass is 403 g/mol. The van der Waals surface area contributed by atoms with Gasteiger partial charge in [-0.25, -0.2) is 0 Å². The van der Waals surface area contributed by atoms with Crippen LogP contribution >= 0.6 is 11.8 Å². The van der Waals surface area contributed by atoms with E-state index in [1.807, 2.05) is 49.9 Å². The number of nitrogens with zero attached hydrogens (tertiary/aromatic N) is 2. The first-order valence-electron chi connectivity index (χ1n) is 9.86. The molecule has 0 saturated carbocycles. The van der Waals surface area contributed by atoms with Gasteiger partial charge in [-0.15, -0.1) is 11.8 Å². The zero-order valence-electron chi connectivity index (χ0n) is 16.9. The van der Waals surface area contributed by atoms with Crippen LogP contribution < -0.4 is 10.2 Å². The lowest BCUT2D eigenvalue weighted by molar-refractivity contribution is -0.140. The summed E-state index contributed by atoms with van der Waals surface area (Å²) in [6, 6.07) is 7.91. The van der Waals surface area contributed by atoms with Gasteiger partial charge >= 0.3 is 0 Å². The van der Waals surface area contributed by atoms with Crippen molar-refractivity contribution in [1.29, 1.82) is 0 Å². The number of piperidine rings is 1. The molecule has 28 heavy (non-hydrogen) atoms. The predicted molar refractivity (Wildman–Crippen MR) is 111 cm³/mol. The number of likely N-dealkylation sites (tertiary alicyclic amines) is 1. The van der Waals surface area contributed by atoms with E-state index in [1.165, 1.54) is 0 Å². The number of hydrogen-bond donors (Lipinski definition) is 1. The van der Waals surface area contributed by atoms with E-state index in [1.54, 1.807) is 16.7 Å². The Balaban J connectivity index is 1.47. The van der Waals surface area contributed by atoms with E-state index in [2.05, 4.69) is 5.32 Å². The van der Waals surface area contributed by atoms with Crippen molar-refractivity contribution in [3.63, 3.8) is 0 Å². The first-order valence-corrected chi connectivity index (χ1v) is 10.8. The third kappa shape index (κ3) is 4.87. The Morgan fingerprint density at radius 3 is 2.54 bits per heavy atom. The largest absolute Gasteiger partial charge is 0.353 e. The highest BCUT2D eigenvalue weighted by Gasteiger charge is 2.31. The van der Waals surface area contributed by atoms with Gasteiger partial charge < -0.3 is 15.1 Å². The summed E-state index contributed by atoms with van der Waals surface area (Å²) in [5.74, 6) is 0.589. The van der Waals surface area contributed by atoms with Crippen LogP contribution in [0.15, 0.2) is 29.2 Å². The van der Waals surface area contributed by atoms with Crippen molar-refractivity contribution < 1.29 is 14.4 Å². The van der Waals surface area contributed by atoms with Crippen LogP contribution in [0.4, 0.5) is 5.69 Å². The van der Waals surface area contributed by atoms with Gasteiger partial charge in [-0.3, -0.25) is 14.4 Å². The molecule has 152 valence electrons. The summed E-state index contributed by atoms with van der Waals surface area (Å²) in [5.41, 5.74) is 0.525. The average molecular weight is 404 g/mol. The molecule has 0 atom stereocenters. The van der Waals surface area contributed by atoms with E-state index in [-0.39, 0.29) is 35.6 Å². The number of rotatable bonds is 4. The summed E-state index contributed by atoms with van der Waals surface area (Å²) >= 11 is 1.54. The minimum atomic E-state index is -0.369. The zero-order valence-corrected chi connectivity index (χ0v) is 17.7. The van der Waals surface area contributed by atoms with Crippen LogP contribution in [0.2, 0.25) is 0 Å². The standard InChI is InChI=1S/C21H29N3O3S/c1-21(2,3)20(27)23-11-8-15(9-12-23)22-18(25)10-13-24-16-6-4-5-7-17(16)28-14-19(24)26/h4-7,15H,8-14H2,1-3H3,(H,22,25). The van der Waals surface area contributed by atoms with Gasteiger partial charge in [0.25, 0.3) is 0 Å². The van der Waals surface area contributed by atoms with Gasteiger partial charge in [-0.2, -0.15) is 0 Å². The second-order valence-corrected chi connectivity index (χ2v) is 9.45. The third-order valence-corrected chi connectivity index (χ3v) is 6.21. The maximum atomic E-state index is 12.4. The summed E-state index contributed by atoms with van der Waals surface area (Å²) in [4.78, 5) is 41.7. The van der Waals surface area contributed by atoms with Crippen LogP contribution in [-0.4, -0.2) is 54.1 Å². The predicted octanol–water partition coefficient (Wildman–Crippen LogP) is 2.67. The third-order valence-electron chi connectivity index (χ3n) is 5.16. The van der Waals surface area contributed by atoms with Gasteiger partial charge in [0.05, 0.1) is 11.4 Å². The van der Waals surface area contributed by atoms with Crippen LogP contribution in [-0.2, 0) is 14.4 Å². The van der Waals surface area contributed by atoms with Gasteiger partial charge in [0.2, 0.25) is 17.7 Å². The van der Waals surface area contributed by atoms with Crippen LogP contribution in [0.3, 0.4) is 0 Å². The molecule has 1 fully saturated rings. The summed E-state index contributed by atoms with van der Waals surface area (Å²) in [6.07, 6.45) is 1.83. The van der Waals surface area contributed by atoms with Crippen molar-refractivity contribution in [2.45, 2.75) is 51.0 Å². The molecule has 0 unspecified atom stereocenters. The number of thioether (sulfide) groups is 1. The van der Waals surface area contributed by atoms with E-state index in [4.69, 9.17) is 0 Å².